The number of likely N-dealkylation sites (N-methyl/N-ethyl adjacent to an activating group) is 1. The van der Waals surface area contributed by atoms with Crippen molar-refractivity contribution < 1.29 is 14.7 Å². The molecule has 2 rings (SSSR count). The predicted molar refractivity (Wildman–Crippen MR) is 120 cm³/mol. The van der Waals surface area contributed by atoms with Gasteiger partial charge in [-0.2, -0.15) is 0 Å². The van der Waals surface area contributed by atoms with Crippen molar-refractivity contribution in [3.8, 4) is 0 Å². The standard InChI is InChI=1S/C22H35N3O3.ClH/c1-6-24(14-20(26)27)18-10-12-25(13-11-18)17(5)22(28)23-21-16(4)8-7-9-19(21)15(2)3;/h7-9,15,17-18H,6,10-14H2,1-5H3,(H,23,28)(H,26,27);1H. The van der Waals surface area contributed by atoms with Crippen molar-refractivity contribution in [3.05, 3.63) is 29.3 Å². The minimum absolute atomic E-state index is 0. The highest BCUT2D eigenvalue weighted by molar-refractivity contribution is 5.96. The Morgan fingerprint density at radius 1 is 1.24 bits per heavy atom. The zero-order chi connectivity index (χ0) is 20.8. The number of aryl methyl sites for hydroxylation is 1. The lowest BCUT2D eigenvalue weighted by Crippen LogP contribution is -2.51. The molecule has 1 aliphatic heterocycles. The van der Waals surface area contributed by atoms with Crippen LogP contribution < -0.4 is 5.32 Å². The molecule has 1 heterocycles. The van der Waals surface area contributed by atoms with E-state index >= 15 is 0 Å². The van der Waals surface area contributed by atoms with Crippen molar-refractivity contribution in [2.75, 3.05) is 31.5 Å². The smallest absolute Gasteiger partial charge is 0.317 e. The van der Waals surface area contributed by atoms with Crippen molar-refractivity contribution in [1.82, 2.24) is 9.80 Å². The third-order valence-electron chi connectivity index (χ3n) is 5.86. The van der Waals surface area contributed by atoms with Gasteiger partial charge in [0, 0.05) is 24.8 Å². The minimum atomic E-state index is -0.781. The number of likely N-dealkylation sites (tertiary alicyclic amines) is 1. The maximum absolute atomic E-state index is 12.9. The molecule has 1 aromatic rings. The van der Waals surface area contributed by atoms with Crippen LogP contribution >= 0.6 is 12.4 Å². The zero-order valence-corrected chi connectivity index (χ0v) is 19.1. The molecule has 1 atom stereocenters. The Morgan fingerprint density at radius 3 is 2.38 bits per heavy atom. The summed E-state index contributed by atoms with van der Waals surface area (Å²) in [6.45, 7) is 12.7. The first-order valence-electron chi connectivity index (χ1n) is 10.3. The Kier molecular flexibility index (Phi) is 10.1. The quantitative estimate of drug-likeness (QED) is 0.663. The minimum Gasteiger partial charge on any atom is -0.480 e. The van der Waals surface area contributed by atoms with Crippen molar-refractivity contribution >= 4 is 30.0 Å². The topological polar surface area (TPSA) is 72.9 Å². The van der Waals surface area contributed by atoms with Crippen molar-refractivity contribution in [2.24, 2.45) is 0 Å². The van der Waals surface area contributed by atoms with Crippen LogP contribution in [0.25, 0.3) is 0 Å². The second kappa shape index (κ2) is 11.5. The molecule has 0 aromatic heterocycles. The Hall–Kier alpha value is -1.63. The molecule has 0 aliphatic carbocycles. The van der Waals surface area contributed by atoms with Crippen LogP contribution in [0.5, 0.6) is 0 Å². The lowest BCUT2D eigenvalue weighted by Gasteiger charge is -2.39. The van der Waals surface area contributed by atoms with Gasteiger partial charge in [0.2, 0.25) is 5.91 Å². The van der Waals surface area contributed by atoms with Crippen LogP contribution in [-0.2, 0) is 9.59 Å². The molecule has 7 heteroatoms. The third-order valence-corrected chi connectivity index (χ3v) is 5.86. The highest BCUT2D eigenvalue weighted by Crippen LogP contribution is 2.28. The first-order chi connectivity index (χ1) is 13.2. The Bertz CT molecular complexity index is 688. The lowest BCUT2D eigenvalue weighted by atomic mass is 9.97. The van der Waals surface area contributed by atoms with Gasteiger partial charge < -0.3 is 10.4 Å². The molecular weight excluding hydrogens is 390 g/mol. The highest BCUT2D eigenvalue weighted by Gasteiger charge is 2.30. The summed E-state index contributed by atoms with van der Waals surface area (Å²) in [5.41, 5.74) is 3.17. The average Bonchev–Trinajstić information content (AvgIpc) is 2.66. The number of para-hydroxylation sites is 1. The number of halogens is 1. The van der Waals surface area contributed by atoms with E-state index in [1.54, 1.807) is 0 Å². The molecule has 29 heavy (non-hydrogen) atoms. The fraction of sp³-hybridized carbons (Fsp3) is 0.636. The predicted octanol–water partition coefficient (Wildman–Crippen LogP) is 3.74. The first kappa shape index (κ1) is 25.4. The van der Waals surface area contributed by atoms with Gasteiger partial charge in [0.1, 0.15) is 0 Å². The number of anilines is 1. The maximum atomic E-state index is 12.9. The normalized spacial score (nSPS) is 16.5. The monoisotopic (exact) mass is 425 g/mol. The van der Waals surface area contributed by atoms with Crippen LogP contribution in [0.15, 0.2) is 18.2 Å². The maximum Gasteiger partial charge on any atom is 0.317 e. The Labute approximate surface area is 181 Å². The second-order valence-corrected chi connectivity index (χ2v) is 8.08. The van der Waals surface area contributed by atoms with E-state index in [2.05, 4.69) is 30.1 Å². The molecule has 0 saturated carbocycles. The van der Waals surface area contributed by atoms with Gasteiger partial charge in [-0.15, -0.1) is 12.4 Å². The van der Waals surface area contributed by atoms with E-state index in [0.717, 1.165) is 49.3 Å². The summed E-state index contributed by atoms with van der Waals surface area (Å²) >= 11 is 0. The first-order valence-corrected chi connectivity index (χ1v) is 10.3. The molecule has 6 nitrogen and oxygen atoms in total. The average molecular weight is 426 g/mol. The van der Waals surface area contributed by atoms with Gasteiger partial charge in [0.15, 0.2) is 0 Å². The number of carbonyl (C=O) groups is 2. The molecule has 0 spiro atoms. The van der Waals surface area contributed by atoms with E-state index in [9.17, 15) is 9.59 Å². The van der Waals surface area contributed by atoms with E-state index in [1.807, 2.05) is 37.8 Å². The number of carboxylic acids is 1. The van der Waals surface area contributed by atoms with E-state index in [4.69, 9.17) is 5.11 Å². The van der Waals surface area contributed by atoms with Crippen molar-refractivity contribution in [1.29, 1.82) is 0 Å². The summed E-state index contributed by atoms with van der Waals surface area (Å²) in [7, 11) is 0. The number of benzene rings is 1. The van der Waals surface area contributed by atoms with Crippen LogP contribution in [-0.4, -0.2) is 65.0 Å². The van der Waals surface area contributed by atoms with Gasteiger partial charge >= 0.3 is 5.97 Å². The number of piperidine rings is 1. The van der Waals surface area contributed by atoms with Crippen LogP contribution in [0.1, 0.15) is 57.6 Å². The lowest BCUT2D eigenvalue weighted by molar-refractivity contribution is -0.139. The van der Waals surface area contributed by atoms with Crippen LogP contribution in [0.2, 0.25) is 0 Å². The van der Waals surface area contributed by atoms with Crippen LogP contribution in [0.4, 0.5) is 5.69 Å². The fourth-order valence-electron chi connectivity index (χ4n) is 4.05. The Morgan fingerprint density at radius 2 is 1.86 bits per heavy atom. The van der Waals surface area contributed by atoms with Gasteiger partial charge in [-0.3, -0.25) is 19.4 Å². The van der Waals surface area contributed by atoms with E-state index < -0.39 is 5.97 Å². The van der Waals surface area contributed by atoms with E-state index in [0.29, 0.717) is 5.92 Å². The van der Waals surface area contributed by atoms with Crippen LogP contribution in [0.3, 0.4) is 0 Å². The number of carboxylic acid groups (broad SMARTS) is 1. The summed E-state index contributed by atoms with van der Waals surface area (Å²) < 4.78 is 0. The number of hydrogen-bond donors (Lipinski definition) is 2. The third kappa shape index (κ3) is 6.69. The molecule has 1 fully saturated rings. The molecule has 164 valence electrons. The summed E-state index contributed by atoms with van der Waals surface area (Å²) in [6, 6.07) is 6.20. The van der Waals surface area contributed by atoms with Crippen molar-refractivity contribution in [3.63, 3.8) is 0 Å². The number of nitrogens with one attached hydrogen (secondary N) is 1. The van der Waals surface area contributed by atoms with Gasteiger partial charge in [-0.1, -0.05) is 39.0 Å². The molecule has 2 N–H and O–H groups in total. The molecule has 1 saturated heterocycles. The zero-order valence-electron chi connectivity index (χ0n) is 18.3. The molecule has 1 aliphatic rings. The number of nitrogens with zero attached hydrogens (tertiary/aromatic N) is 2. The largest absolute Gasteiger partial charge is 0.480 e. The molecular formula is C22H36ClN3O3. The van der Waals surface area contributed by atoms with Crippen LogP contribution in [0, 0.1) is 6.92 Å². The number of rotatable bonds is 8. The number of carbonyl (C=O) groups excluding carboxylic acids is 1. The number of hydrogen-bond acceptors (Lipinski definition) is 4. The molecule has 1 amide bonds. The highest BCUT2D eigenvalue weighted by atomic mass is 35.5. The summed E-state index contributed by atoms with van der Waals surface area (Å²) in [4.78, 5) is 28.2. The Balaban J connectivity index is 0.00000420. The fourth-order valence-corrected chi connectivity index (χ4v) is 4.05. The summed E-state index contributed by atoms with van der Waals surface area (Å²) in [5.74, 6) is -0.417. The van der Waals surface area contributed by atoms with Gasteiger partial charge in [-0.05, 0) is 50.3 Å². The molecule has 0 radical (unpaired) electrons. The summed E-state index contributed by atoms with van der Waals surface area (Å²) in [5, 5.41) is 12.2. The SMILES string of the molecule is CCN(CC(=O)O)C1CCN(C(C)C(=O)Nc2c(C)cccc2C(C)C)CC1.Cl. The van der Waals surface area contributed by atoms with Gasteiger partial charge in [0.05, 0.1) is 12.6 Å². The van der Waals surface area contributed by atoms with E-state index in [-0.39, 0.29) is 36.9 Å². The molecule has 1 unspecified atom stereocenters. The summed E-state index contributed by atoms with van der Waals surface area (Å²) in [6.07, 6.45) is 1.78. The number of aliphatic carboxylic acids is 1. The molecule has 1 aromatic carbocycles. The number of amides is 1. The van der Waals surface area contributed by atoms with Gasteiger partial charge in [-0.25, -0.2) is 0 Å². The van der Waals surface area contributed by atoms with E-state index in [1.165, 1.54) is 0 Å². The van der Waals surface area contributed by atoms with Crippen molar-refractivity contribution in [2.45, 2.75) is 65.5 Å². The van der Waals surface area contributed by atoms with Gasteiger partial charge in [0.25, 0.3) is 0 Å². The second-order valence-electron chi connectivity index (χ2n) is 8.08. The molecule has 0 bridgehead atoms.